The van der Waals surface area contributed by atoms with Gasteiger partial charge in [0.1, 0.15) is 0 Å². The zero-order chi connectivity index (χ0) is 15.6. The maximum absolute atomic E-state index is 11.3. The van der Waals surface area contributed by atoms with Crippen LogP contribution in [0.25, 0.3) is 0 Å². The quantitative estimate of drug-likeness (QED) is 0.809. The number of ketones is 1. The van der Waals surface area contributed by atoms with Gasteiger partial charge in [-0.2, -0.15) is 0 Å². The van der Waals surface area contributed by atoms with E-state index in [2.05, 4.69) is 0 Å². The second-order valence-corrected chi connectivity index (χ2v) is 5.59. The Kier molecular flexibility index (Phi) is 3.94. The maximum atomic E-state index is 11.3. The van der Waals surface area contributed by atoms with Crippen LogP contribution in [0, 0.1) is 0 Å². The summed E-state index contributed by atoms with van der Waals surface area (Å²) >= 11 is 0. The molecule has 0 atom stereocenters. The molecule has 0 fully saturated rings. The van der Waals surface area contributed by atoms with Crippen LogP contribution in [0.4, 0.5) is 0 Å². The zero-order valence-electron chi connectivity index (χ0n) is 12.3. The molecule has 3 heteroatoms. The van der Waals surface area contributed by atoms with Gasteiger partial charge in [0.2, 0.25) is 0 Å². The number of aromatic carboxylic acids is 1. The van der Waals surface area contributed by atoms with Gasteiger partial charge in [-0.25, -0.2) is 0 Å². The van der Waals surface area contributed by atoms with Crippen LogP contribution in [-0.2, 0) is 5.41 Å². The number of carboxylic acid groups (broad SMARTS) is 1. The van der Waals surface area contributed by atoms with Gasteiger partial charge in [-0.05, 0) is 18.1 Å². The molecule has 0 heterocycles. The normalized spacial score (nSPS) is 11.2. The van der Waals surface area contributed by atoms with Crippen molar-refractivity contribution in [2.45, 2.75) is 26.2 Å². The number of benzene rings is 2. The van der Waals surface area contributed by atoms with Crippen LogP contribution in [0.2, 0.25) is 0 Å². The highest BCUT2D eigenvalue weighted by Crippen LogP contribution is 2.33. The zero-order valence-corrected chi connectivity index (χ0v) is 12.3. The Balaban J connectivity index is 2.51. The number of carboxylic acids is 1. The molecule has 0 saturated carbocycles. The van der Waals surface area contributed by atoms with Crippen molar-refractivity contribution in [1.29, 1.82) is 0 Å². The minimum absolute atomic E-state index is 0.00879. The van der Waals surface area contributed by atoms with Crippen molar-refractivity contribution in [2.75, 3.05) is 0 Å². The molecule has 0 unspecified atom stereocenters. The van der Waals surface area contributed by atoms with E-state index in [0.717, 1.165) is 5.56 Å². The summed E-state index contributed by atoms with van der Waals surface area (Å²) < 4.78 is 0. The van der Waals surface area contributed by atoms with Gasteiger partial charge in [-0.1, -0.05) is 62.4 Å². The minimum Gasteiger partial charge on any atom is -0.545 e. The van der Waals surface area contributed by atoms with E-state index in [1.807, 2.05) is 32.0 Å². The van der Waals surface area contributed by atoms with E-state index in [4.69, 9.17) is 0 Å². The van der Waals surface area contributed by atoms with Gasteiger partial charge >= 0.3 is 0 Å². The molecule has 0 aliphatic rings. The van der Waals surface area contributed by atoms with Crippen molar-refractivity contribution in [2.24, 2.45) is 0 Å². The average molecular weight is 281 g/mol. The summed E-state index contributed by atoms with van der Waals surface area (Å²) in [5.41, 5.74) is 1.98. The summed E-state index contributed by atoms with van der Waals surface area (Å²) in [7, 11) is 0. The molecule has 3 nitrogen and oxygen atoms in total. The highest BCUT2D eigenvalue weighted by Gasteiger charge is 2.25. The predicted molar refractivity (Wildman–Crippen MR) is 79.3 cm³/mol. The van der Waals surface area contributed by atoms with Gasteiger partial charge in [-0.3, -0.25) is 4.79 Å². The molecule has 0 aromatic heterocycles. The lowest BCUT2D eigenvalue weighted by atomic mass is 9.76. The Hall–Kier alpha value is -2.42. The molecule has 0 amide bonds. The fourth-order valence-corrected chi connectivity index (χ4v) is 2.48. The van der Waals surface area contributed by atoms with Crippen molar-refractivity contribution >= 4 is 11.8 Å². The van der Waals surface area contributed by atoms with E-state index < -0.39 is 11.4 Å². The number of Topliss-reactive ketones (excluding diaryl/α,β-unsaturated/α-hetero) is 1. The molecule has 0 bridgehead atoms. The Bertz CT molecular complexity index is 682. The maximum Gasteiger partial charge on any atom is 0.159 e. The van der Waals surface area contributed by atoms with Crippen LogP contribution in [0.15, 0.2) is 48.5 Å². The van der Waals surface area contributed by atoms with E-state index in [1.54, 1.807) is 30.3 Å². The highest BCUT2D eigenvalue weighted by atomic mass is 16.4. The molecule has 2 aromatic rings. The average Bonchev–Trinajstić information content (AvgIpc) is 2.47. The van der Waals surface area contributed by atoms with Crippen LogP contribution in [-0.4, -0.2) is 11.8 Å². The first-order chi connectivity index (χ1) is 9.84. The van der Waals surface area contributed by atoms with Gasteiger partial charge in [0.05, 0.1) is 5.97 Å². The first-order valence-electron chi connectivity index (χ1n) is 6.76. The summed E-state index contributed by atoms with van der Waals surface area (Å²) in [6, 6.07) is 14.1. The molecule has 2 aromatic carbocycles. The number of hydrogen-bond donors (Lipinski definition) is 0. The van der Waals surface area contributed by atoms with Crippen LogP contribution in [0.3, 0.4) is 0 Å². The topological polar surface area (TPSA) is 57.2 Å². The second-order valence-electron chi connectivity index (χ2n) is 5.59. The Morgan fingerprint density at radius 3 is 2.05 bits per heavy atom. The van der Waals surface area contributed by atoms with Crippen molar-refractivity contribution < 1.29 is 14.7 Å². The monoisotopic (exact) mass is 281 g/mol. The lowest BCUT2D eigenvalue weighted by Gasteiger charge is -2.29. The van der Waals surface area contributed by atoms with Gasteiger partial charge in [0, 0.05) is 16.5 Å². The lowest BCUT2D eigenvalue weighted by Crippen LogP contribution is -2.29. The van der Waals surface area contributed by atoms with Crippen LogP contribution >= 0.6 is 0 Å². The molecule has 0 saturated heterocycles. The SMILES string of the molecule is CC(=O)c1ccc(C(C)(C)c2ccccc2C(=O)[O-])cc1. The molecule has 0 aliphatic carbocycles. The van der Waals surface area contributed by atoms with Crippen molar-refractivity contribution in [3.63, 3.8) is 0 Å². The summed E-state index contributed by atoms with van der Waals surface area (Å²) in [6.45, 7) is 5.43. The Morgan fingerprint density at radius 1 is 0.952 bits per heavy atom. The third kappa shape index (κ3) is 2.87. The highest BCUT2D eigenvalue weighted by molar-refractivity contribution is 5.94. The molecular formula is C18H17O3-. The molecule has 108 valence electrons. The van der Waals surface area contributed by atoms with Gasteiger partial charge in [-0.15, -0.1) is 0 Å². The minimum atomic E-state index is -1.18. The fraction of sp³-hybridized carbons (Fsp3) is 0.222. The van der Waals surface area contributed by atoms with Gasteiger partial charge < -0.3 is 9.90 Å². The van der Waals surface area contributed by atoms with Crippen molar-refractivity contribution in [3.8, 4) is 0 Å². The third-order valence-corrected chi connectivity index (χ3v) is 3.83. The predicted octanol–water partition coefficient (Wildman–Crippen LogP) is 2.58. The summed E-state index contributed by atoms with van der Waals surface area (Å²) in [6.07, 6.45) is 0. The molecule has 0 radical (unpaired) electrons. The first kappa shape index (κ1) is 15.0. The third-order valence-electron chi connectivity index (χ3n) is 3.83. The van der Waals surface area contributed by atoms with E-state index in [0.29, 0.717) is 11.1 Å². The standard InChI is InChI=1S/C18H18O3/c1-12(19)13-8-10-14(11-9-13)18(2,3)16-7-5-4-6-15(16)17(20)21/h4-11H,1-3H3,(H,20,21)/p-1. The summed E-state index contributed by atoms with van der Waals surface area (Å²) in [5.74, 6) is -1.17. The van der Waals surface area contributed by atoms with Crippen LogP contribution < -0.4 is 5.11 Å². The smallest absolute Gasteiger partial charge is 0.159 e. The number of hydrogen-bond acceptors (Lipinski definition) is 3. The Morgan fingerprint density at radius 2 is 1.52 bits per heavy atom. The van der Waals surface area contributed by atoms with Crippen molar-refractivity contribution in [1.82, 2.24) is 0 Å². The Labute approximate surface area is 124 Å². The second kappa shape index (κ2) is 5.52. The number of rotatable bonds is 4. The van der Waals surface area contributed by atoms with Crippen LogP contribution in [0.1, 0.15) is 52.6 Å². The van der Waals surface area contributed by atoms with E-state index >= 15 is 0 Å². The largest absolute Gasteiger partial charge is 0.545 e. The number of carbonyl (C=O) groups is 2. The molecule has 0 spiro atoms. The van der Waals surface area contributed by atoms with Gasteiger partial charge in [0.25, 0.3) is 0 Å². The molecular weight excluding hydrogens is 264 g/mol. The van der Waals surface area contributed by atoms with Crippen LogP contribution in [0.5, 0.6) is 0 Å². The van der Waals surface area contributed by atoms with Crippen molar-refractivity contribution in [3.05, 3.63) is 70.8 Å². The number of carbonyl (C=O) groups excluding carboxylic acids is 2. The van der Waals surface area contributed by atoms with Gasteiger partial charge in [0.15, 0.2) is 5.78 Å². The van der Waals surface area contributed by atoms with E-state index in [-0.39, 0.29) is 11.3 Å². The summed E-state index contributed by atoms with van der Waals surface area (Å²) in [5, 5.41) is 11.3. The molecule has 0 N–H and O–H groups in total. The van der Waals surface area contributed by atoms with E-state index in [1.165, 1.54) is 6.92 Å². The lowest BCUT2D eigenvalue weighted by molar-refractivity contribution is -0.255. The first-order valence-corrected chi connectivity index (χ1v) is 6.76. The summed E-state index contributed by atoms with van der Waals surface area (Å²) in [4.78, 5) is 22.6. The fourth-order valence-electron chi connectivity index (χ4n) is 2.48. The molecule has 2 rings (SSSR count). The van der Waals surface area contributed by atoms with E-state index in [9.17, 15) is 14.7 Å². The molecule has 0 aliphatic heterocycles. The molecule has 21 heavy (non-hydrogen) atoms.